The molecular formula is C14H17BrF3NO2. The first-order chi connectivity index (χ1) is 9.83. The van der Waals surface area contributed by atoms with Crippen molar-refractivity contribution < 1.29 is 22.6 Å². The van der Waals surface area contributed by atoms with Gasteiger partial charge in [-0.2, -0.15) is 0 Å². The van der Waals surface area contributed by atoms with E-state index in [4.69, 9.17) is 4.74 Å². The van der Waals surface area contributed by atoms with Crippen molar-refractivity contribution in [3.05, 3.63) is 22.7 Å². The highest BCUT2D eigenvalue weighted by atomic mass is 79.9. The summed E-state index contributed by atoms with van der Waals surface area (Å²) in [6.45, 7) is 3.44. The van der Waals surface area contributed by atoms with E-state index in [1.54, 1.807) is 0 Å². The van der Waals surface area contributed by atoms with Crippen LogP contribution in [-0.2, 0) is 0 Å². The first-order valence-corrected chi connectivity index (χ1v) is 7.54. The van der Waals surface area contributed by atoms with Crippen LogP contribution in [0.1, 0.15) is 19.8 Å². The highest BCUT2D eigenvalue weighted by molar-refractivity contribution is 9.10. The third-order valence-corrected chi connectivity index (χ3v) is 3.62. The predicted molar refractivity (Wildman–Crippen MR) is 76.5 cm³/mol. The first-order valence-electron chi connectivity index (χ1n) is 6.75. The Balaban J connectivity index is 1.81. The van der Waals surface area contributed by atoms with Gasteiger partial charge in [-0.15, -0.1) is 13.2 Å². The van der Waals surface area contributed by atoms with Crippen molar-refractivity contribution >= 4 is 15.9 Å². The number of alkyl halides is 3. The summed E-state index contributed by atoms with van der Waals surface area (Å²) in [5, 5.41) is 3.40. The molecule has 1 aromatic carbocycles. The molecule has 0 spiro atoms. The fourth-order valence-electron chi connectivity index (χ4n) is 1.73. The fraction of sp³-hybridized carbons (Fsp3) is 0.571. The van der Waals surface area contributed by atoms with E-state index in [9.17, 15) is 13.2 Å². The van der Waals surface area contributed by atoms with Crippen molar-refractivity contribution in [1.82, 2.24) is 5.32 Å². The second-order valence-electron chi connectivity index (χ2n) is 5.24. The number of halogens is 4. The summed E-state index contributed by atoms with van der Waals surface area (Å²) in [4.78, 5) is 0. The van der Waals surface area contributed by atoms with Crippen LogP contribution in [0.25, 0.3) is 0 Å². The summed E-state index contributed by atoms with van der Waals surface area (Å²) in [5.74, 6) is 0.559. The molecular weight excluding hydrogens is 351 g/mol. The molecule has 1 aliphatic rings. The molecule has 1 saturated carbocycles. The van der Waals surface area contributed by atoms with Gasteiger partial charge in [0, 0.05) is 18.5 Å². The Morgan fingerprint density at radius 2 is 2.10 bits per heavy atom. The second-order valence-corrected chi connectivity index (χ2v) is 6.09. The standard InChI is InChI=1S/C14H17BrF3NO2/c1-9(7-19-10-2-3-10)8-20-11-4-5-13(12(15)6-11)21-14(16,17)18/h4-6,9-10,19H,2-3,7-8H2,1H3. The molecule has 0 radical (unpaired) electrons. The quantitative estimate of drug-likeness (QED) is 0.786. The Labute approximate surface area is 129 Å². The molecule has 1 aromatic rings. The number of rotatable bonds is 7. The molecule has 1 N–H and O–H groups in total. The zero-order valence-corrected chi connectivity index (χ0v) is 13.1. The van der Waals surface area contributed by atoms with E-state index in [0.29, 0.717) is 24.3 Å². The Morgan fingerprint density at radius 3 is 2.67 bits per heavy atom. The molecule has 0 aromatic heterocycles. The number of benzene rings is 1. The lowest BCUT2D eigenvalue weighted by atomic mass is 10.2. The van der Waals surface area contributed by atoms with Crippen molar-refractivity contribution in [3.8, 4) is 11.5 Å². The normalized spacial score (nSPS) is 16.6. The van der Waals surface area contributed by atoms with Gasteiger partial charge in [0.15, 0.2) is 0 Å². The van der Waals surface area contributed by atoms with E-state index in [1.165, 1.54) is 31.0 Å². The molecule has 0 heterocycles. The molecule has 1 aliphatic carbocycles. The highest BCUT2D eigenvalue weighted by Gasteiger charge is 2.32. The van der Waals surface area contributed by atoms with Gasteiger partial charge in [0.2, 0.25) is 0 Å². The molecule has 7 heteroatoms. The summed E-state index contributed by atoms with van der Waals surface area (Å²) in [5.41, 5.74) is 0. The van der Waals surface area contributed by atoms with E-state index in [0.717, 1.165) is 6.54 Å². The van der Waals surface area contributed by atoms with Gasteiger partial charge >= 0.3 is 6.36 Å². The van der Waals surface area contributed by atoms with Crippen LogP contribution in [-0.4, -0.2) is 25.6 Å². The summed E-state index contributed by atoms with van der Waals surface area (Å²) < 4.78 is 46.1. The van der Waals surface area contributed by atoms with E-state index < -0.39 is 6.36 Å². The molecule has 21 heavy (non-hydrogen) atoms. The predicted octanol–water partition coefficient (Wildman–Crippen LogP) is 4.11. The largest absolute Gasteiger partial charge is 0.573 e. The molecule has 1 fully saturated rings. The Bertz CT molecular complexity index is 478. The summed E-state index contributed by atoms with van der Waals surface area (Å²) in [7, 11) is 0. The van der Waals surface area contributed by atoms with Crippen molar-refractivity contribution in [2.45, 2.75) is 32.2 Å². The van der Waals surface area contributed by atoms with Crippen LogP contribution in [0.5, 0.6) is 11.5 Å². The van der Waals surface area contributed by atoms with Crippen LogP contribution in [0.15, 0.2) is 22.7 Å². The molecule has 0 aliphatic heterocycles. The third-order valence-electron chi connectivity index (χ3n) is 3.00. The number of nitrogens with one attached hydrogen (secondary N) is 1. The Kier molecular flexibility index (Phi) is 5.37. The van der Waals surface area contributed by atoms with Gasteiger partial charge in [-0.25, -0.2) is 0 Å². The van der Waals surface area contributed by atoms with E-state index in [-0.39, 0.29) is 10.2 Å². The van der Waals surface area contributed by atoms with Crippen LogP contribution >= 0.6 is 15.9 Å². The van der Waals surface area contributed by atoms with Crippen LogP contribution in [0.3, 0.4) is 0 Å². The van der Waals surface area contributed by atoms with Crippen molar-refractivity contribution in [3.63, 3.8) is 0 Å². The van der Waals surface area contributed by atoms with E-state index >= 15 is 0 Å². The average Bonchev–Trinajstić information content (AvgIpc) is 3.19. The Morgan fingerprint density at radius 1 is 1.38 bits per heavy atom. The van der Waals surface area contributed by atoms with Crippen molar-refractivity contribution in [1.29, 1.82) is 0 Å². The minimum atomic E-state index is -4.70. The summed E-state index contributed by atoms with van der Waals surface area (Å²) in [6.07, 6.45) is -2.23. The van der Waals surface area contributed by atoms with E-state index in [2.05, 4.69) is 32.9 Å². The molecule has 2 rings (SSSR count). The van der Waals surface area contributed by atoms with Gasteiger partial charge in [-0.3, -0.25) is 0 Å². The number of hydrogen-bond donors (Lipinski definition) is 1. The zero-order chi connectivity index (χ0) is 15.5. The molecule has 1 unspecified atom stereocenters. The van der Waals surface area contributed by atoms with Gasteiger partial charge in [0.1, 0.15) is 11.5 Å². The summed E-state index contributed by atoms with van der Waals surface area (Å²) in [6, 6.07) is 4.83. The summed E-state index contributed by atoms with van der Waals surface area (Å²) >= 11 is 3.05. The molecule has 0 saturated heterocycles. The molecule has 0 bridgehead atoms. The molecule has 118 valence electrons. The monoisotopic (exact) mass is 367 g/mol. The minimum absolute atomic E-state index is 0.209. The minimum Gasteiger partial charge on any atom is -0.493 e. The lowest BCUT2D eigenvalue weighted by Crippen LogP contribution is -2.26. The first kappa shape index (κ1) is 16.4. The smallest absolute Gasteiger partial charge is 0.493 e. The van der Waals surface area contributed by atoms with Gasteiger partial charge in [-0.05, 0) is 47.0 Å². The lowest BCUT2D eigenvalue weighted by Gasteiger charge is -2.15. The second kappa shape index (κ2) is 6.87. The van der Waals surface area contributed by atoms with Gasteiger partial charge in [0.25, 0.3) is 0 Å². The number of hydrogen-bond acceptors (Lipinski definition) is 3. The Hall–Kier alpha value is -0.950. The van der Waals surface area contributed by atoms with E-state index in [1.807, 2.05) is 0 Å². The molecule has 1 atom stereocenters. The third kappa shape index (κ3) is 6.13. The van der Waals surface area contributed by atoms with Crippen molar-refractivity contribution in [2.24, 2.45) is 5.92 Å². The molecule has 0 amide bonds. The maximum Gasteiger partial charge on any atom is 0.573 e. The topological polar surface area (TPSA) is 30.5 Å². The SMILES string of the molecule is CC(CNC1CC1)COc1ccc(OC(F)(F)F)c(Br)c1. The van der Waals surface area contributed by atoms with Crippen LogP contribution in [0, 0.1) is 5.92 Å². The lowest BCUT2D eigenvalue weighted by molar-refractivity contribution is -0.274. The number of ether oxygens (including phenoxy) is 2. The van der Waals surface area contributed by atoms with Crippen LogP contribution in [0.2, 0.25) is 0 Å². The van der Waals surface area contributed by atoms with Gasteiger partial charge < -0.3 is 14.8 Å². The van der Waals surface area contributed by atoms with Gasteiger partial charge in [-0.1, -0.05) is 6.92 Å². The average molecular weight is 368 g/mol. The zero-order valence-electron chi connectivity index (χ0n) is 11.5. The van der Waals surface area contributed by atoms with Crippen LogP contribution in [0.4, 0.5) is 13.2 Å². The highest BCUT2D eigenvalue weighted by Crippen LogP contribution is 2.33. The van der Waals surface area contributed by atoms with Crippen LogP contribution < -0.4 is 14.8 Å². The van der Waals surface area contributed by atoms with Gasteiger partial charge in [0.05, 0.1) is 11.1 Å². The van der Waals surface area contributed by atoms with Crippen molar-refractivity contribution in [2.75, 3.05) is 13.2 Å². The fourth-order valence-corrected chi connectivity index (χ4v) is 2.17. The molecule has 3 nitrogen and oxygen atoms in total. The maximum absolute atomic E-state index is 12.1. The maximum atomic E-state index is 12.1.